The zero-order valence-corrected chi connectivity index (χ0v) is 12.6. The first kappa shape index (κ1) is 14.7. The Hall–Kier alpha value is -1.75. The summed E-state index contributed by atoms with van der Waals surface area (Å²) in [6.45, 7) is 5.10. The SMILES string of the molecule is CCCn1ncc(OC)c1C(NC)c1ccoc1CC. The maximum Gasteiger partial charge on any atom is 0.161 e. The van der Waals surface area contributed by atoms with E-state index in [0.717, 1.165) is 42.2 Å². The van der Waals surface area contributed by atoms with E-state index in [4.69, 9.17) is 9.15 Å². The number of methoxy groups -OCH3 is 1. The molecule has 0 saturated heterocycles. The Bertz CT molecular complexity index is 545. The molecule has 0 aliphatic heterocycles. The highest BCUT2D eigenvalue weighted by Gasteiger charge is 2.25. The van der Waals surface area contributed by atoms with Crippen molar-refractivity contribution < 1.29 is 9.15 Å². The fourth-order valence-corrected chi connectivity index (χ4v) is 2.55. The van der Waals surface area contributed by atoms with E-state index in [1.165, 1.54) is 0 Å². The predicted molar refractivity (Wildman–Crippen MR) is 78.1 cm³/mol. The molecule has 5 heteroatoms. The van der Waals surface area contributed by atoms with E-state index < -0.39 is 0 Å². The molecule has 5 nitrogen and oxygen atoms in total. The molecule has 2 aromatic heterocycles. The van der Waals surface area contributed by atoms with Crippen LogP contribution in [-0.4, -0.2) is 23.9 Å². The maximum absolute atomic E-state index is 5.56. The molecule has 0 aromatic carbocycles. The first-order valence-electron chi connectivity index (χ1n) is 7.09. The van der Waals surface area contributed by atoms with E-state index >= 15 is 0 Å². The molecule has 0 aliphatic carbocycles. The molecular weight excluding hydrogens is 254 g/mol. The van der Waals surface area contributed by atoms with Crippen LogP contribution in [0.2, 0.25) is 0 Å². The van der Waals surface area contributed by atoms with Crippen molar-refractivity contribution in [2.45, 2.75) is 39.3 Å². The van der Waals surface area contributed by atoms with Crippen LogP contribution in [0.25, 0.3) is 0 Å². The van der Waals surface area contributed by atoms with Crippen LogP contribution < -0.4 is 10.1 Å². The molecule has 0 saturated carbocycles. The van der Waals surface area contributed by atoms with Crippen molar-refractivity contribution in [2.24, 2.45) is 0 Å². The van der Waals surface area contributed by atoms with Gasteiger partial charge in [-0.25, -0.2) is 0 Å². The Labute approximate surface area is 119 Å². The summed E-state index contributed by atoms with van der Waals surface area (Å²) in [4.78, 5) is 0. The van der Waals surface area contributed by atoms with Crippen molar-refractivity contribution in [3.63, 3.8) is 0 Å². The number of hydrogen-bond donors (Lipinski definition) is 1. The summed E-state index contributed by atoms with van der Waals surface area (Å²) in [6.07, 6.45) is 5.41. The van der Waals surface area contributed by atoms with Crippen LogP contribution in [0.1, 0.15) is 43.3 Å². The fourth-order valence-electron chi connectivity index (χ4n) is 2.55. The summed E-state index contributed by atoms with van der Waals surface area (Å²) in [5.74, 6) is 1.80. The Morgan fingerprint density at radius 2 is 2.25 bits per heavy atom. The van der Waals surface area contributed by atoms with Gasteiger partial charge in [0.2, 0.25) is 0 Å². The monoisotopic (exact) mass is 277 g/mol. The summed E-state index contributed by atoms with van der Waals surface area (Å²) in [7, 11) is 3.62. The van der Waals surface area contributed by atoms with Crippen molar-refractivity contribution >= 4 is 0 Å². The number of hydrogen-bond acceptors (Lipinski definition) is 4. The average Bonchev–Trinajstić information content (AvgIpc) is 3.08. The number of aryl methyl sites for hydroxylation is 2. The molecule has 0 radical (unpaired) electrons. The third-order valence-corrected chi connectivity index (χ3v) is 3.47. The van der Waals surface area contributed by atoms with Crippen LogP contribution in [0.15, 0.2) is 22.9 Å². The third kappa shape index (κ3) is 2.58. The Morgan fingerprint density at radius 1 is 1.45 bits per heavy atom. The fraction of sp³-hybridized carbons (Fsp3) is 0.533. The molecule has 110 valence electrons. The van der Waals surface area contributed by atoms with E-state index in [2.05, 4.69) is 24.3 Å². The van der Waals surface area contributed by atoms with Gasteiger partial charge in [-0.3, -0.25) is 4.68 Å². The first-order valence-corrected chi connectivity index (χ1v) is 7.09. The standard InChI is InChI=1S/C15H23N3O2/c1-5-8-18-15(13(19-4)10-17-18)14(16-3)11-7-9-20-12(11)6-2/h7,9-10,14,16H,5-6,8H2,1-4H3. The lowest BCUT2D eigenvalue weighted by molar-refractivity contribution is 0.399. The lowest BCUT2D eigenvalue weighted by Crippen LogP contribution is -2.22. The van der Waals surface area contributed by atoms with Crippen molar-refractivity contribution in [1.82, 2.24) is 15.1 Å². The largest absolute Gasteiger partial charge is 0.493 e. The molecule has 0 bridgehead atoms. The normalized spacial score (nSPS) is 12.6. The zero-order chi connectivity index (χ0) is 14.5. The molecule has 1 N–H and O–H groups in total. The second kappa shape index (κ2) is 6.61. The van der Waals surface area contributed by atoms with Crippen LogP contribution in [0, 0.1) is 0 Å². The second-order valence-electron chi connectivity index (χ2n) is 4.70. The quantitative estimate of drug-likeness (QED) is 0.845. The molecule has 1 unspecified atom stereocenters. The van der Waals surface area contributed by atoms with Gasteiger partial charge in [0, 0.05) is 18.5 Å². The van der Waals surface area contributed by atoms with Gasteiger partial charge in [-0.15, -0.1) is 0 Å². The highest BCUT2D eigenvalue weighted by Crippen LogP contribution is 2.32. The van der Waals surface area contributed by atoms with Crippen molar-refractivity contribution in [3.05, 3.63) is 35.5 Å². The number of nitrogens with zero attached hydrogens (tertiary/aromatic N) is 2. The predicted octanol–water partition coefficient (Wildman–Crippen LogP) is 2.77. The first-order chi connectivity index (χ1) is 9.76. The lowest BCUT2D eigenvalue weighted by atomic mass is 10.0. The van der Waals surface area contributed by atoms with E-state index in [-0.39, 0.29) is 6.04 Å². The van der Waals surface area contributed by atoms with E-state index in [0.29, 0.717) is 0 Å². The third-order valence-electron chi connectivity index (χ3n) is 3.47. The highest BCUT2D eigenvalue weighted by molar-refractivity contribution is 5.37. The van der Waals surface area contributed by atoms with Crippen LogP contribution in [-0.2, 0) is 13.0 Å². The summed E-state index contributed by atoms with van der Waals surface area (Å²) < 4.78 is 13.0. The molecule has 2 aromatic rings. The van der Waals surface area contributed by atoms with Gasteiger partial charge in [-0.05, 0) is 19.5 Å². The van der Waals surface area contributed by atoms with Gasteiger partial charge in [0.25, 0.3) is 0 Å². The van der Waals surface area contributed by atoms with Gasteiger partial charge in [0.15, 0.2) is 5.75 Å². The average molecular weight is 277 g/mol. The van der Waals surface area contributed by atoms with Crippen LogP contribution in [0.5, 0.6) is 5.75 Å². The number of rotatable bonds is 7. The Morgan fingerprint density at radius 3 is 2.85 bits per heavy atom. The molecular formula is C15H23N3O2. The van der Waals surface area contributed by atoms with Crippen LogP contribution >= 0.6 is 0 Å². The van der Waals surface area contributed by atoms with E-state index in [1.807, 2.05) is 17.8 Å². The van der Waals surface area contributed by atoms with Crippen LogP contribution in [0.4, 0.5) is 0 Å². The molecule has 1 atom stereocenters. The molecule has 0 spiro atoms. The van der Waals surface area contributed by atoms with Crippen molar-refractivity contribution in [2.75, 3.05) is 14.2 Å². The smallest absolute Gasteiger partial charge is 0.161 e. The van der Waals surface area contributed by atoms with Gasteiger partial charge in [0.1, 0.15) is 11.5 Å². The van der Waals surface area contributed by atoms with Gasteiger partial charge < -0.3 is 14.5 Å². The minimum Gasteiger partial charge on any atom is -0.493 e. The lowest BCUT2D eigenvalue weighted by Gasteiger charge is -2.19. The van der Waals surface area contributed by atoms with E-state index in [1.54, 1.807) is 19.6 Å². The molecule has 0 amide bonds. The summed E-state index contributed by atoms with van der Waals surface area (Å²) in [6, 6.07) is 2.04. The number of aromatic nitrogens is 2. The number of ether oxygens (including phenoxy) is 1. The molecule has 20 heavy (non-hydrogen) atoms. The van der Waals surface area contributed by atoms with Crippen molar-refractivity contribution in [3.8, 4) is 5.75 Å². The van der Waals surface area contributed by atoms with Crippen molar-refractivity contribution in [1.29, 1.82) is 0 Å². The maximum atomic E-state index is 5.56. The minimum absolute atomic E-state index is 0.0210. The summed E-state index contributed by atoms with van der Waals surface area (Å²) >= 11 is 0. The topological polar surface area (TPSA) is 52.2 Å². The van der Waals surface area contributed by atoms with Gasteiger partial charge in [0.05, 0.1) is 25.6 Å². The molecule has 0 fully saturated rings. The number of furan rings is 1. The number of nitrogens with one attached hydrogen (secondary N) is 1. The molecule has 2 rings (SSSR count). The highest BCUT2D eigenvalue weighted by atomic mass is 16.5. The van der Waals surface area contributed by atoms with Gasteiger partial charge >= 0.3 is 0 Å². The molecule has 2 heterocycles. The Balaban J connectivity index is 2.48. The van der Waals surface area contributed by atoms with Gasteiger partial charge in [-0.1, -0.05) is 13.8 Å². The summed E-state index contributed by atoms with van der Waals surface area (Å²) in [5, 5.41) is 7.79. The van der Waals surface area contributed by atoms with Gasteiger partial charge in [-0.2, -0.15) is 5.10 Å². The van der Waals surface area contributed by atoms with E-state index in [9.17, 15) is 0 Å². The second-order valence-corrected chi connectivity index (χ2v) is 4.70. The van der Waals surface area contributed by atoms with Crippen LogP contribution in [0.3, 0.4) is 0 Å². The molecule has 0 aliphatic rings. The zero-order valence-electron chi connectivity index (χ0n) is 12.6. The summed E-state index contributed by atoms with van der Waals surface area (Å²) in [5.41, 5.74) is 2.19. The minimum atomic E-state index is 0.0210. The Kier molecular flexibility index (Phi) is 4.84.